The van der Waals surface area contributed by atoms with Crippen molar-refractivity contribution in [2.75, 3.05) is 6.61 Å². The van der Waals surface area contributed by atoms with E-state index in [4.69, 9.17) is 9.47 Å². The Morgan fingerprint density at radius 1 is 1.47 bits per heavy atom. The first-order valence-corrected chi connectivity index (χ1v) is 13.5. The zero-order chi connectivity index (χ0) is 12.3. The summed E-state index contributed by atoms with van der Waals surface area (Å²) in [5.74, 6) is 0. The standard InChI is InChI=1S/C12H15O2.2BrH.Mg/c1-2-6-11(7-3-1)10-14-12-8-4-5-9-13-12;;;/h1-2,6-7,12H,4-5,8-10H2;2*1H;/q;;;+2/p-2. The minimum absolute atomic E-state index is 0.00366. The molecule has 5 heteroatoms. The minimum Gasteiger partial charge on any atom is -0.353 e. The van der Waals surface area contributed by atoms with Crippen molar-refractivity contribution in [1.29, 1.82) is 0 Å². The highest BCUT2D eigenvalue weighted by molar-refractivity contribution is 9.47. The van der Waals surface area contributed by atoms with Crippen LogP contribution in [0.1, 0.15) is 24.8 Å². The van der Waals surface area contributed by atoms with Gasteiger partial charge in [-0.25, -0.2) is 0 Å². The van der Waals surface area contributed by atoms with Gasteiger partial charge < -0.3 is 9.47 Å². The van der Waals surface area contributed by atoms with Crippen molar-refractivity contribution in [3.8, 4) is 0 Å². The average Bonchev–Trinajstić information content (AvgIpc) is 2.40. The van der Waals surface area contributed by atoms with E-state index in [1.54, 1.807) is 0 Å². The van der Waals surface area contributed by atoms with E-state index in [1.165, 1.54) is 12.8 Å². The Morgan fingerprint density at radius 3 is 2.88 bits per heavy atom. The summed E-state index contributed by atoms with van der Waals surface area (Å²) in [6.45, 7) is 1.47. The predicted octanol–water partition coefficient (Wildman–Crippen LogP) is 3.84. The highest BCUT2D eigenvalue weighted by atomic mass is 79.9. The fourth-order valence-electron chi connectivity index (χ4n) is 1.55. The van der Waals surface area contributed by atoms with Crippen LogP contribution in [0.15, 0.2) is 24.3 Å². The van der Waals surface area contributed by atoms with Gasteiger partial charge in [-0.15, -0.1) is 0 Å². The van der Waals surface area contributed by atoms with E-state index in [1.807, 2.05) is 24.3 Å². The lowest BCUT2D eigenvalue weighted by molar-refractivity contribution is -0.168. The number of rotatable bonds is 3. The van der Waals surface area contributed by atoms with Crippen LogP contribution in [0.2, 0.25) is 0 Å². The summed E-state index contributed by atoms with van der Waals surface area (Å²) in [6, 6.07) is 10.9. The van der Waals surface area contributed by atoms with Gasteiger partial charge >= 0.3 is 16.0 Å². The van der Waals surface area contributed by atoms with Gasteiger partial charge in [0.05, 0.1) is 6.61 Å². The molecule has 1 heterocycles. The first-order valence-electron chi connectivity index (χ1n) is 5.67. The first-order chi connectivity index (χ1) is 8.36. The van der Waals surface area contributed by atoms with Crippen LogP contribution in [0.4, 0.5) is 0 Å². The first kappa shape index (κ1) is 15.9. The zero-order valence-corrected chi connectivity index (χ0v) is 14.3. The lowest BCUT2D eigenvalue weighted by Gasteiger charge is -2.22. The van der Waals surface area contributed by atoms with Gasteiger partial charge in [0.2, 0.25) is 0 Å². The van der Waals surface area contributed by atoms with Gasteiger partial charge in [-0.3, -0.25) is 25.8 Å². The summed E-state index contributed by atoms with van der Waals surface area (Å²) in [7, 11) is 0. The monoisotopic (exact) mass is 373 g/mol. The minimum atomic E-state index is 0.00366. The van der Waals surface area contributed by atoms with Gasteiger partial charge in [-0.05, 0) is 37.0 Å². The topological polar surface area (TPSA) is 18.5 Å². The van der Waals surface area contributed by atoms with Crippen LogP contribution < -0.4 is 0 Å². The summed E-state index contributed by atoms with van der Waals surface area (Å²) in [6.07, 6.45) is 3.41. The molecule has 0 bridgehead atoms. The summed E-state index contributed by atoms with van der Waals surface area (Å²) in [5.41, 5.74) is 1.15. The Bertz CT molecular complexity index is 279. The molecule has 17 heavy (non-hydrogen) atoms. The molecule has 1 aromatic carbocycles. The van der Waals surface area contributed by atoms with Crippen molar-refractivity contribution in [1.82, 2.24) is 0 Å². The molecule has 1 radical (unpaired) electrons. The Hall–Kier alpha value is 0.866. The lowest BCUT2D eigenvalue weighted by Crippen LogP contribution is -2.21. The normalized spacial score (nSPS) is 18.8. The molecule has 1 aliphatic heterocycles. The van der Waals surface area contributed by atoms with E-state index in [2.05, 4.69) is 31.8 Å². The molecular weight excluding hydrogens is 360 g/mol. The highest BCUT2D eigenvalue weighted by Crippen LogP contribution is 2.15. The Morgan fingerprint density at radius 2 is 2.29 bits per heavy atom. The molecule has 1 unspecified atom stereocenters. The van der Waals surface area contributed by atoms with Crippen LogP contribution in [0.3, 0.4) is 0 Å². The van der Waals surface area contributed by atoms with Gasteiger partial charge in [0.15, 0.2) is 6.29 Å². The second-order valence-electron chi connectivity index (χ2n) is 3.62. The van der Waals surface area contributed by atoms with Crippen LogP contribution in [0.25, 0.3) is 0 Å². The van der Waals surface area contributed by atoms with Crippen molar-refractivity contribution in [2.24, 2.45) is 0 Å². The van der Waals surface area contributed by atoms with Gasteiger partial charge in [0, 0.05) is 6.61 Å². The molecule has 0 N–H and O–H groups in total. The Kier molecular flexibility index (Phi) is 10.1. The SMILES string of the molecule is [Br][Mg][Br].[c]1cccc(COC2CCCCO2)c1. The maximum Gasteiger partial charge on any atom is 0.560 e. The molecule has 0 spiro atoms. The van der Waals surface area contributed by atoms with E-state index in [0.29, 0.717) is 6.61 Å². The molecule has 91 valence electrons. The summed E-state index contributed by atoms with van der Waals surface area (Å²) >= 11 is 6.44. The molecule has 1 fully saturated rings. The Labute approximate surface area is 125 Å². The highest BCUT2D eigenvalue weighted by Gasteiger charge is 2.13. The molecule has 2 rings (SSSR count). The second kappa shape index (κ2) is 10.8. The fraction of sp³-hybridized carbons (Fsp3) is 0.500. The molecule has 1 atom stereocenters. The van der Waals surface area contributed by atoms with Gasteiger partial charge in [0.1, 0.15) is 0 Å². The second-order valence-corrected chi connectivity index (χ2v) is 11.7. The molecule has 1 aromatic rings. The number of halogens is 2. The summed E-state index contributed by atoms with van der Waals surface area (Å²) in [4.78, 5) is 0. The lowest BCUT2D eigenvalue weighted by atomic mass is 10.2. The maximum absolute atomic E-state index is 5.63. The third-order valence-corrected chi connectivity index (χ3v) is 2.35. The Balaban J connectivity index is 0.000000437. The van der Waals surface area contributed by atoms with E-state index in [9.17, 15) is 0 Å². The van der Waals surface area contributed by atoms with Gasteiger partial charge in [0.25, 0.3) is 0 Å². The van der Waals surface area contributed by atoms with Crippen molar-refractivity contribution in [2.45, 2.75) is 32.2 Å². The molecular formula is C12H15Br2MgO2. The van der Waals surface area contributed by atoms with Crippen molar-refractivity contribution in [3.05, 3.63) is 35.9 Å². The molecule has 1 aliphatic rings. The largest absolute Gasteiger partial charge is 0.560 e. The van der Waals surface area contributed by atoms with Gasteiger partial charge in [-0.1, -0.05) is 18.2 Å². The maximum atomic E-state index is 5.63. The van der Waals surface area contributed by atoms with Crippen LogP contribution in [-0.4, -0.2) is 28.9 Å². The van der Waals surface area contributed by atoms with Crippen molar-refractivity contribution < 1.29 is 9.47 Å². The van der Waals surface area contributed by atoms with Crippen LogP contribution >= 0.6 is 25.8 Å². The zero-order valence-electron chi connectivity index (χ0n) is 9.70. The molecule has 0 saturated carbocycles. The van der Waals surface area contributed by atoms with Crippen LogP contribution in [0, 0.1) is 6.07 Å². The van der Waals surface area contributed by atoms with E-state index in [-0.39, 0.29) is 22.3 Å². The third-order valence-electron chi connectivity index (χ3n) is 2.35. The van der Waals surface area contributed by atoms with Gasteiger partial charge in [-0.2, -0.15) is 0 Å². The average molecular weight is 375 g/mol. The number of benzene rings is 1. The van der Waals surface area contributed by atoms with Crippen LogP contribution in [-0.2, 0) is 16.1 Å². The summed E-state index contributed by atoms with van der Waals surface area (Å²) < 4.78 is 11.1. The molecule has 0 aromatic heterocycles. The predicted molar refractivity (Wildman–Crippen MR) is 77.3 cm³/mol. The number of ether oxygens (including phenoxy) is 2. The third kappa shape index (κ3) is 7.80. The molecule has 0 amide bonds. The molecule has 0 aliphatic carbocycles. The van der Waals surface area contributed by atoms with E-state index < -0.39 is 0 Å². The fourth-order valence-corrected chi connectivity index (χ4v) is 1.55. The van der Waals surface area contributed by atoms with Crippen molar-refractivity contribution in [3.63, 3.8) is 0 Å². The van der Waals surface area contributed by atoms with E-state index in [0.717, 1.165) is 18.6 Å². The number of hydrogen-bond donors (Lipinski definition) is 0. The quantitative estimate of drug-likeness (QED) is 0.748. The molecule has 2 nitrogen and oxygen atoms in total. The smallest absolute Gasteiger partial charge is 0.353 e. The number of hydrogen-bond acceptors (Lipinski definition) is 2. The summed E-state index contributed by atoms with van der Waals surface area (Å²) in [5, 5.41) is 0. The molecule has 1 saturated heterocycles. The van der Waals surface area contributed by atoms with E-state index >= 15 is 0 Å². The van der Waals surface area contributed by atoms with Crippen molar-refractivity contribution >= 4 is 41.8 Å². The van der Waals surface area contributed by atoms with Crippen LogP contribution in [0.5, 0.6) is 0 Å².